The number of carbonyl (C=O) groups excluding carboxylic acids is 3. The van der Waals surface area contributed by atoms with Gasteiger partial charge in [-0.15, -0.1) is 0 Å². The van der Waals surface area contributed by atoms with Crippen molar-refractivity contribution in [3.8, 4) is 0 Å². The van der Waals surface area contributed by atoms with E-state index in [-0.39, 0.29) is 11.5 Å². The van der Waals surface area contributed by atoms with Gasteiger partial charge in [0.2, 0.25) is 0 Å². The summed E-state index contributed by atoms with van der Waals surface area (Å²) >= 11 is 0. The zero-order valence-corrected chi connectivity index (χ0v) is 14.6. The van der Waals surface area contributed by atoms with Gasteiger partial charge >= 0.3 is 12.0 Å². The lowest BCUT2D eigenvalue weighted by Gasteiger charge is -2.21. The number of likely N-dealkylation sites (N-methyl/N-ethyl adjacent to an activating group) is 1. The van der Waals surface area contributed by atoms with E-state index in [0.29, 0.717) is 12.2 Å². The lowest BCUT2D eigenvalue weighted by Crippen LogP contribution is -2.37. The van der Waals surface area contributed by atoms with Crippen molar-refractivity contribution in [1.29, 1.82) is 0 Å². The average Bonchev–Trinajstić information content (AvgIpc) is 2.61. The molecule has 2 aromatic carbocycles. The molecule has 0 saturated heterocycles. The normalized spacial score (nSPS) is 11.3. The Morgan fingerprint density at radius 2 is 1.81 bits per heavy atom. The van der Waals surface area contributed by atoms with Gasteiger partial charge in [0.25, 0.3) is 5.91 Å². The van der Waals surface area contributed by atoms with E-state index in [1.165, 1.54) is 24.0 Å². The Hall–Kier alpha value is -3.35. The molecule has 0 radical (unpaired) electrons. The van der Waals surface area contributed by atoms with Gasteiger partial charge < -0.3 is 20.7 Å². The molecular weight excluding hydrogens is 334 g/mol. The molecule has 3 amide bonds. The number of urea groups is 1. The number of anilines is 1. The molecule has 1 atom stereocenters. The van der Waals surface area contributed by atoms with E-state index in [2.05, 4.69) is 5.32 Å². The average molecular weight is 355 g/mol. The van der Waals surface area contributed by atoms with E-state index in [0.717, 1.165) is 5.56 Å². The molecule has 0 aliphatic rings. The van der Waals surface area contributed by atoms with Crippen LogP contribution in [0, 0.1) is 0 Å². The highest BCUT2D eigenvalue weighted by atomic mass is 16.5. The van der Waals surface area contributed by atoms with Crippen LogP contribution in [-0.2, 0) is 16.1 Å². The minimum Gasteiger partial charge on any atom is -0.449 e. The van der Waals surface area contributed by atoms with E-state index in [1.54, 1.807) is 19.2 Å². The predicted molar refractivity (Wildman–Crippen MR) is 97.4 cm³/mol. The molecule has 2 rings (SSSR count). The monoisotopic (exact) mass is 355 g/mol. The maximum Gasteiger partial charge on any atom is 0.338 e. The second-order valence-corrected chi connectivity index (χ2v) is 5.80. The van der Waals surface area contributed by atoms with Crippen LogP contribution in [-0.4, -0.2) is 36.0 Å². The van der Waals surface area contributed by atoms with E-state index in [9.17, 15) is 14.4 Å². The van der Waals surface area contributed by atoms with Crippen LogP contribution < -0.4 is 11.1 Å². The lowest BCUT2D eigenvalue weighted by atomic mass is 10.2. The van der Waals surface area contributed by atoms with E-state index in [4.69, 9.17) is 10.5 Å². The molecule has 0 spiro atoms. The zero-order chi connectivity index (χ0) is 19.1. The van der Waals surface area contributed by atoms with Crippen LogP contribution in [0.15, 0.2) is 54.6 Å². The SMILES string of the molecule is C[C@@H](OC(=O)c1cccc(NC(N)=O)c1)C(=O)N(C)Cc1ccccc1. The smallest absolute Gasteiger partial charge is 0.338 e. The van der Waals surface area contributed by atoms with Gasteiger partial charge in [0.1, 0.15) is 0 Å². The summed E-state index contributed by atoms with van der Waals surface area (Å²) in [6, 6.07) is 14.9. The van der Waals surface area contributed by atoms with Gasteiger partial charge in [0.05, 0.1) is 5.56 Å². The molecule has 2 aromatic rings. The van der Waals surface area contributed by atoms with Crippen LogP contribution in [0.4, 0.5) is 10.5 Å². The van der Waals surface area contributed by atoms with E-state index >= 15 is 0 Å². The number of rotatable bonds is 6. The number of nitrogens with two attached hydrogens (primary N) is 1. The van der Waals surface area contributed by atoms with Crippen molar-refractivity contribution in [1.82, 2.24) is 4.90 Å². The summed E-state index contributed by atoms with van der Waals surface area (Å²) in [4.78, 5) is 37.0. The first-order valence-electron chi connectivity index (χ1n) is 8.03. The summed E-state index contributed by atoms with van der Waals surface area (Å²) in [5, 5.41) is 2.38. The highest BCUT2D eigenvalue weighted by Gasteiger charge is 2.22. The van der Waals surface area contributed by atoms with E-state index in [1.807, 2.05) is 30.3 Å². The number of primary amides is 1. The molecule has 0 heterocycles. The number of nitrogens with one attached hydrogen (secondary N) is 1. The second kappa shape index (κ2) is 8.66. The summed E-state index contributed by atoms with van der Waals surface area (Å²) in [6.07, 6.45) is -0.941. The van der Waals surface area contributed by atoms with Gasteiger partial charge in [-0.25, -0.2) is 9.59 Å². The Kier molecular flexibility index (Phi) is 6.32. The van der Waals surface area contributed by atoms with Gasteiger partial charge in [-0.3, -0.25) is 4.79 Å². The van der Waals surface area contributed by atoms with Crippen LogP contribution in [0.1, 0.15) is 22.8 Å². The van der Waals surface area contributed by atoms with Crippen LogP contribution in [0.3, 0.4) is 0 Å². The fraction of sp³-hybridized carbons (Fsp3) is 0.211. The number of carbonyl (C=O) groups is 3. The molecule has 0 bridgehead atoms. The van der Waals surface area contributed by atoms with Crippen molar-refractivity contribution < 1.29 is 19.1 Å². The van der Waals surface area contributed by atoms with Crippen molar-refractivity contribution in [2.75, 3.05) is 12.4 Å². The molecule has 3 N–H and O–H groups in total. The topological polar surface area (TPSA) is 102 Å². The van der Waals surface area contributed by atoms with Gasteiger partial charge in [0, 0.05) is 19.3 Å². The van der Waals surface area contributed by atoms with Crippen molar-refractivity contribution in [3.05, 3.63) is 65.7 Å². The van der Waals surface area contributed by atoms with Crippen molar-refractivity contribution in [2.45, 2.75) is 19.6 Å². The molecule has 0 aromatic heterocycles. The third-order valence-corrected chi connectivity index (χ3v) is 3.64. The Morgan fingerprint density at radius 1 is 1.12 bits per heavy atom. The Balaban J connectivity index is 1.97. The van der Waals surface area contributed by atoms with Gasteiger partial charge in [-0.2, -0.15) is 0 Å². The minimum absolute atomic E-state index is 0.210. The highest BCUT2D eigenvalue weighted by Crippen LogP contribution is 2.13. The molecular formula is C19H21N3O4. The number of ether oxygens (including phenoxy) is 1. The standard InChI is InChI=1S/C19H21N3O4/c1-13(17(23)22(2)12-14-7-4-3-5-8-14)26-18(24)15-9-6-10-16(11-15)21-19(20)25/h3-11,13H,12H2,1-2H3,(H3,20,21,25)/t13-/m1/s1. The molecule has 0 aliphatic carbocycles. The predicted octanol–water partition coefficient (Wildman–Crippen LogP) is 2.38. The van der Waals surface area contributed by atoms with E-state index < -0.39 is 18.1 Å². The minimum atomic E-state index is -0.941. The van der Waals surface area contributed by atoms with Crippen molar-refractivity contribution >= 4 is 23.6 Å². The number of hydrogen-bond acceptors (Lipinski definition) is 4. The lowest BCUT2D eigenvalue weighted by molar-refractivity contribution is -0.139. The Bertz CT molecular complexity index is 792. The summed E-state index contributed by atoms with van der Waals surface area (Å²) < 4.78 is 5.24. The number of esters is 1. The van der Waals surface area contributed by atoms with Gasteiger partial charge in [-0.05, 0) is 30.7 Å². The third kappa shape index (κ3) is 5.34. The summed E-state index contributed by atoms with van der Waals surface area (Å²) in [7, 11) is 1.65. The number of benzene rings is 2. The summed E-state index contributed by atoms with van der Waals surface area (Å²) in [5.74, 6) is -0.972. The van der Waals surface area contributed by atoms with Gasteiger partial charge in [-0.1, -0.05) is 36.4 Å². The largest absolute Gasteiger partial charge is 0.449 e. The quantitative estimate of drug-likeness (QED) is 0.777. The molecule has 0 fully saturated rings. The van der Waals surface area contributed by atoms with Crippen LogP contribution >= 0.6 is 0 Å². The highest BCUT2D eigenvalue weighted by molar-refractivity contribution is 5.94. The Labute approximate surface area is 151 Å². The number of amides is 3. The fourth-order valence-electron chi connectivity index (χ4n) is 2.39. The van der Waals surface area contributed by atoms with Crippen LogP contribution in [0.25, 0.3) is 0 Å². The summed E-state index contributed by atoms with van der Waals surface area (Å²) in [5.41, 5.74) is 6.61. The van der Waals surface area contributed by atoms with Gasteiger partial charge in [0.15, 0.2) is 6.10 Å². The fourth-order valence-corrected chi connectivity index (χ4v) is 2.39. The first-order chi connectivity index (χ1) is 12.4. The van der Waals surface area contributed by atoms with Crippen LogP contribution in [0.2, 0.25) is 0 Å². The molecule has 0 aliphatic heterocycles. The Morgan fingerprint density at radius 3 is 2.46 bits per heavy atom. The molecule has 0 saturated carbocycles. The molecule has 7 nitrogen and oxygen atoms in total. The first-order valence-corrected chi connectivity index (χ1v) is 8.03. The second-order valence-electron chi connectivity index (χ2n) is 5.80. The summed E-state index contributed by atoms with van der Waals surface area (Å²) in [6.45, 7) is 1.94. The molecule has 26 heavy (non-hydrogen) atoms. The number of hydrogen-bond donors (Lipinski definition) is 2. The zero-order valence-electron chi connectivity index (χ0n) is 14.6. The maximum atomic E-state index is 12.4. The number of nitrogens with zero attached hydrogens (tertiary/aromatic N) is 1. The molecule has 0 unspecified atom stereocenters. The molecule has 136 valence electrons. The third-order valence-electron chi connectivity index (χ3n) is 3.64. The molecule has 7 heteroatoms. The maximum absolute atomic E-state index is 12.4. The van der Waals surface area contributed by atoms with Crippen LogP contribution in [0.5, 0.6) is 0 Å². The van der Waals surface area contributed by atoms with Crippen molar-refractivity contribution in [2.24, 2.45) is 5.73 Å². The first kappa shape index (κ1) is 19.0. The van der Waals surface area contributed by atoms with Crippen molar-refractivity contribution in [3.63, 3.8) is 0 Å².